The lowest BCUT2D eigenvalue weighted by atomic mass is 10.1. The molecule has 0 radical (unpaired) electrons. The van der Waals surface area contributed by atoms with Crippen molar-refractivity contribution >= 4 is 11.6 Å². The molecule has 0 fully saturated rings. The molecule has 0 spiro atoms. The summed E-state index contributed by atoms with van der Waals surface area (Å²) in [5.41, 5.74) is 3.12. The Morgan fingerprint density at radius 2 is 1.86 bits per heavy atom. The summed E-state index contributed by atoms with van der Waals surface area (Å²) in [6.45, 7) is 3.03. The summed E-state index contributed by atoms with van der Waals surface area (Å²) in [4.78, 5) is 11.9. The van der Waals surface area contributed by atoms with Gasteiger partial charge in [-0.1, -0.05) is 29.8 Å². The van der Waals surface area contributed by atoms with Gasteiger partial charge >= 0.3 is 0 Å². The molecule has 2 aromatic rings. The predicted octanol–water partition coefficient (Wildman–Crippen LogP) is 2.45. The highest BCUT2D eigenvalue weighted by atomic mass is 16.7. The second-order valence-electron chi connectivity index (χ2n) is 5.18. The predicted molar refractivity (Wildman–Crippen MR) is 84.1 cm³/mol. The molecule has 0 unspecified atom stereocenters. The topological polar surface area (TPSA) is 59.6 Å². The third kappa shape index (κ3) is 3.49. The summed E-state index contributed by atoms with van der Waals surface area (Å²) in [6, 6.07) is 13.6. The Labute approximate surface area is 129 Å². The van der Waals surface area contributed by atoms with Crippen LogP contribution in [0.4, 0.5) is 5.69 Å². The van der Waals surface area contributed by atoms with E-state index >= 15 is 0 Å². The van der Waals surface area contributed by atoms with E-state index in [1.807, 2.05) is 49.4 Å². The number of fused-ring (bicyclic) bond motifs is 1. The van der Waals surface area contributed by atoms with Gasteiger partial charge in [-0.15, -0.1) is 0 Å². The molecule has 0 saturated heterocycles. The minimum atomic E-state index is -0.0572. The molecule has 5 nitrogen and oxygen atoms in total. The van der Waals surface area contributed by atoms with Gasteiger partial charge in [0, 0.05) is 18.3 Å². The molecule has 5 heteroatoms. The zero-order valence-corrected chi connectivity index (χ0v) is 12.4. The molecule has 0 saturated carbocycles. The molecular formula is C17H18N2O3. The highest BCUT2D eigenvalue weighted by molar-refractivity contribution is 5.80. The molecule has 1 aliphatic rings. The highest BCUT2D eigenvalue weighted by Gasteiger charge is 2.13. The third-order valence-electron chi connectivity index (χ3n) is 3.44. The summed E-state index contributed by atoms with van der Waals surface area (Å²) in [7, 11) is 0. The van der Waals surface area contributed by atoms with Gasteiger partial charge in [-0.25, -0.2) is 0 Å². The van der Waals surface area contributed by atoms with Crippen molar-refractivity contribution in [3.8, 4) is 11.5 Å². The number of hydrogen-bond acceptors (Lipinski definition) is 4. The number of ether oxygens (including phenoxy) is 2. The van der Waals surface area contributed by atoms with E-state index in [1.165, 1.54) is 5.56 Å². The van der Waals surface area contributed by atoms with E-state index in [9.17, 15) is 4.79 Å². The fourth-order valence-electron chi connectivity index (χ4n) is 2.16. The lowest BCUT2D eigenvalue weighted by molar-refractivity contribution is -0.119. The quantitative estimate of drug-likeness (QED) is 0.890. The normalized spacial score (nSPS) is 12.0. The van der Waals surface area contributed by atoms with Crippen LogP contribution in [0.15, 0.2) is 42.5 Å². The Bertz CT molecular complexity index is 668. The van der Waals surface area contributed by atoms with Crippen LogP contribution in [0.5, 0.6) is 11.5 Å². The maximum absolute atomic E-state index is 11.9. The average Bonchev–Trinajstić information content (AvgIpc) is 3.00. The summed E-state index contributed by atoms with van der Waals surface area (Å²) >= 11 is 0. The van der Waals surface area contributed by atoms with Gasteiger partial charge in [0.25, 0.3) is 0 Å². The highest BCUT2D eigenvalue weighted by Crippen LogP contribution is 2.34. The monoisotopic (exact) mass is 298 g/mol. The van der Waals surface area contributed by atoms with Crippen LogP contribution in [0, 0.1) is 6.92 Å². The second-order valence-corrected chi connectivity index (χ2v) is 5.18. The Morgan fingerprint density at radius 1 is 1.09 bits per heavy atom. The maximum atomic E-state index is 11.9. The molecule has 0 bridgehead atoms. The fraction of sp³-hybridized carbons (Fsp3) is 0.235. The van der Waals surface area contributed by atoms with Crippen molar-refractivity contribution in [1.82, 2.24) is 5.32 Å². The number of rotatable bonds is 5. The number of benzene rings is 2. The van der Waals surface area contributed by atoms with E-state index in [2.05, 4.69) is 10.6 Å². The first-order valence-corrected chi connectivity index (χ1v) is 7.16. The van der Waals surface area contributed by atoms with E-state index < -0.39 is 0 Å². The van der Waals surface area contributed by atoms with Crippen molar-refractivity contribution in [1.29, 1.82) is 0 Å². The van der Waals surface area contributed by atoms with Gasteiger partial charge in [-0.2, -0.15) is 0 Å². The minimum absolute atomic E-state index is 0.0572. The maximum Gasteiger partial charge on any atom is 0.239 e. The molecule has 2 aromatic carbocycles. The Hall–Kier alpha value is -2.69. The fourth-order valence-corrected chi connectivity index (χ4v) is 2.16. The van der Waals surface area contributed by atoms with Crippen LogP contribution >= 0.6 is 0 Å². The van der Waals surface area contributed by atoms with Crippen LogP contribution in [0.1, 0.15) is 11.1 Å². The summed E-state index contributed by atoms with van der Waals surface area (Å²) in [6.07, 6.45) is 0. The Kier molecular flexibility index (Phi) is 4.14. The largest absolute Gasteiger partial charge is 0.454 e. The van der Waals surface area contributed by atoms with E-state index in [0.717, 1.165) is 17.0 Å². The van der Waals surface area contributed by atoms with Crippen LogP contribution in [-0.2, 0) is 11.3 Å². The van der Waals surface area contributed by atoms with Crippen LogP contribution in [-0.4, -0.2) is 19.2 Å². The van der Waals surface area contributed by atoms with Crippen molar-refractivity contribution in [3.63, 3.8) is 0 Å². The number of amides is 1. The lowest BCUT2D eigenvalue weighted by Crippen LogP contribution is -2.29. The minimum Gasteiger partial charge on any atom is -0.454 e. The molecule has 1 aliphatic heterocycles. The van der Waals surface area contributed by atoms with Gasteiger partial charge in [0.2, 0.25) is 12.7 Å². The molecule has 0 aliphatic carbocycles. The van der Waals surface area contributed by atoms with Crippen molar-refractivity contribution in [2.45, 2.75) is 13.5 Å². The number of carbonyl (C=O) groups is 1. The van der Waals surface area contributed by atoms with E-state index in [0.29, 0.717) is 12.3 Å². The van der Waals surface area contributed by atoms with Gasteiger partial charge < -0.3 is 20.1 Å². The number of nitrogens with one attached hydrogen (secondary N) is 2. The summed E-state index contributed by atoms with van der Waals surface area (Å²) < 4.78 is 10.5. The van der Waals surface area contributed by atoms with Crippen molar-refractivity contribution in [2.75, 3.05) is 18.7 Å². The zero-order chi connectivity index (χ0) is 15.4. The van der Waals surface area contributed by atoms with Crippen LogP contribution < -0.4 is 20.1 Å². The zero-order valence-electron chi connectivity index (χ0n) is 12.4. The molecule has 114 valence electrons. The molecular weight excluding hydrogens is 280 g/mol. The van der Waals surface area contributed by atoms with E-state index in [-0.39, 0.29) is 19.2 Å². The van der Waals surface area contributed by atoms with Crippen LogP contribution in [0.2, 0.25) is 0 Å². The third-order valence-corrected chi connectivity index (χ3v) is 3.44. The first kappa shape index (κ1) is 14.3. The summed E-state index contributed by atoms with van der Waals surface area (Å²) in [5.74, 6) is 1.37. The van der Waals surface area contributed by atoms with Crippen LogP contribution in [0.3, 0.4) is 0 Å². The molecule has 22 heavy (non-hydrogen) atoms. The summed E-state index contributed by atoms with van der Waals surface area (Å²) in [5, 5.41) is 5.96. The molecule has 3 rings (SSSR count). The van der Waals surface area contributed by atoms with Gasteiger partial charge in [0.15, 0.2) is 11.5 Å². The standard InChI is InChI=1S/C17H18N2O3/c1-12-2-4-13(5-3-12)9-19-17(20)10-18-14-6-7-15-16(8-14)22-11-21-15/h2-8,18H,9-11H2,1H3,(H,19,20). The second kappa shape index (κ2) is 6.39. The van der Waals surface area contributed by atoms with Gasteiger partial charge in [0.05, 0.1) is 6.54 Å². The number of anilines is 1. The number of aryl methyl sites for hydroxylation is 1. The van der Waals surface area contributed by atoms with Gasteiger partial charge in [-0.3, -0.25) is 4.79 Å². The Balaban J connectivity index is 1.47. The molecule has 0 atom stereocenters. The first-order valence-electron chi connectivity index (χ1n) is 7.16. The van der Waals surface area contributed by atoms with Crippen molar-refractivity contribution in [3.05, 3.63) is 53.6 Å². The smallest absolute Gasteiger partial charge is 0.239 e. The molecule has 2 N–H and O–H groups in total. The van der Waals surface area contributed by atoms with Gasteiger partial charge in [-0.05, 0) is 24.6 Å². The van der Waals surface area contributed by atoms with E-state index in [4.69, 9.17) is 9.47 Å². The van der Waals surface area contributed by atoms with Crippen molar-refractivity contribution in [2.24, 2.45) is 0 Å². The molecule has 1 heterocycles. The van der Waals surface area contributed by atoms with Crippen LogP contribution in [0.25, 0.3) is 0 Å². The SMILES string of the molecule is Cc1ccc(CNC(=O)CNc2ccc3c(c2)OCO3)cc1. The number of hydrogen-bond donors (Lipinski definition) is 2. The first-order chi connectivity index (χ1) is 10.7. The van der Waals surface area contributed by atoms with Crippen molar-refractivity contribution < 1.29 is 14.3 Å². The lowest BCUT2D eigenvalue weighted by Gasteiger charge is -2.08. The molecule has 1 amide bonds. The molecule has 0 aromatic heterocycles. The Morgan fingerprint density at radius 3 is 2.68 bits per heavy atom. The number of carbonyl (C=O) groups excluding carboxylic acids is 1. The van der Waals surface area contributed by atoms with Gasteiger partial charge in [0.1, 0.15) is 0 Å². The van der Waals surface area contributed by atoms with E-state index in [1.54, 1.807) is 0 Å². The average molecular weight is 298 g/mol.